The topological polar surface area (TPSA) is 144 Å². The van der Waals surface area contributed by atoms with E-state index in [4.69, 9.17) is 11.6 Å². The van der Waals surface area contributed by atoms with Gasteiger partial charge in [0.1, 0.15) is 21.2 Å². The third-order valence-corrected chi connectivity index (χ3v) is 9.36. The Kier molecular flexibility index (Phi) is 9.86. The Bertz CT molecular complexity index is 1420. The lowest BCUT2D eigenvalue weighted by atomic mass is 9.82. The number of halogens is 6. The van der Waals surface area contributed by atoms with E-state index in [1.807, 2.05) is 0 Å². The molecule has 0 radical (unpaired) electrons. The van der Waals surface area contributed by atoms with Gasteiger partial charge in [-0.1, -0.05) is 25.4 Å². The number of hydrogen-bond acceptors (Lipinski definition) is 8. The third kappa shape index (κ3) is 7.32. The lowest BCUT2D eigenvalue weighted by molar-refractivity contribution is -0.211. The van der Waals surface area contributed by atoms with Gasteiger partial charge < -0.3 is 20.3 Å². The smallest absolute Gasteiger partial charge is 0.394 e. The highest BCUT2D eigenvalue weighted by Gasteiger charge is 2.47. The molecule has 10 nitrogen and oxygen atoms in total. The molecular weight excluding hydrogens is 615 g/mol. The van der Waals surface area contributed by atoms with E-state index in [-0.39, 0.29) is 53.5 Å². The minimum Gasteiger partial charge on any atom is -0.434 e. The number of ether oxygens (including phenoxy) is 1. The van der Waals surface area contributed by atoms with Gasteiger partial charge >= 0.3 is 12.8 Å². The summed E-state index contributed by atoms with van der Waals surface area (Å²) in [6.07, 6.45) is -4.92. The fraction of sp³-hybridized carbons (Fsp3) is 0.640. The van der Waals surface area contributed by atoms with Gasteiger partial charge in [-0.15, -0.1) is 0 Å². The van der Waals surface area contributed by atoms with E-state index in [1.54, 1.807) is 6.92 Å². The Morgan fingerprint density at radius 2 is 1.98 bits per heavy atom. The van der Waals surface area contributed by atoms with Crippen LogP contribution in [0.25, 0.3) is 11.3 Å². The molecule has 17 heteroatoms. The van der Waals surface area contributed by atoms with Crippen LogP contribution in [0.5, 0.6) is 5.75 Å². The Morgan fingerprint density at radius 3 is 2.50 bits per heavy atom. The number of carbonyl (C=O) groups excluding carboxylic acids is 1. The summed E-state index contributed by atoms with van der Waals surface area (Å²) < 4.78 is 96.2. The van der Waals surface area contributed by atoms with Gasteiger partial charge in [0.25, 0.3) is 5.91 Å². The maximum absolute atomic E-state index is 13.4. The standard InChI is InChI=1S/C25H32ClF5N4O6S/c1-5-35-20(15-11-32-13(8-16(15)41-22(27)28)10-23(2,3)25(29,30)31)18(26)19(34-35)21(37)33-12-24(38)7-6-14(9-17(24)36)42(4,39)40/h8,11,14,17,22,36,38H,5-7,9-10,12H2,1-4H3,(H,33,37)/t14-,17-,24-/m0/s1. The molecule has 0 bridgehead atoms. The van der Waals surface area contributed by atoms with Gasteiger partial charge in [0.15, 0.2) is 5.69 Å². The quantitative estimate of drug-likeness (QED) is 0.331. The first kappa shape index (κ1) is 33.9. The van der Waals surface area contributed by atoms with Crippen molar-refractivity contribution in [1.82, 2.24) is 20.1 Å². The number of aryl methyl sites for hydroxylation is 1. The van der Waals surface area contributed by atoms with Crippen LogP contribution in [0.1, 0.15) is 56.2 Å². The maximum Gasteiger partial charge on any atom is 0.394 e. The number of carbonyl (C=O) groups is 1. The van der Waals surface area contributed by atoms with Crippen molar-refractivity contribution >= 4 is 27.3 Å². The van der Waals surface area contributed by atoms with Crippen LogP contribution in [0, 0.1) is 5.41 Å². The number of aliphatic hydroxyl groups is 2. The summed E-state index contributed by atoms with van der Waals surface area (Å²) in [5.41, 5.74) is -4.83. The van der Waals surface area contributed by atoms with Crippen LogP contribution in [0.15, 0.2) is 12.3 Å². The van der Waals surface area contributed by atoms with Crippen LogP contribution in [0.2, 0.25) is 5.02 Å². The van der Waals surface area contributed by atoms with Crippen molar-refractivity contribution in [3.63, 3.8) is 0 Å². The summed E-state index contributed by atoms with van der Waals surface area (Å²) in [6.45, 7) is -0.254. The van der Waals surface area contributed by atoms with Crippen LogP contribution in [-0.2, 0) is 22.8 Å². The summed E-state index contributed by atoms with van der Waals surface area (Å²) in [4.78, 5) is 17.0. The van der Waals surface area contributed by atoms with Crippen LogP contribution in [0.4, 0.5) is 22.0 Å². The van der Waals surface area contributed by atoms with E-state index >= 15 is 0 Å². The highest BCUT2D eigenvalue weighted by molar-refractivity contribution is 7.91. The summed E-state index contributed by atoms with van der Waals surface area (Å²) >= 11 is 6.46. The molecule has 2 aromatic heterocycles. The molecule has 3 atom stereocenters. The molecule has 1 amide bonds. The minimum atomic E-state index is -4.60. The van der Waals surface area contributed by atoms with Crippen molar-refractivity contribution in [2.45, 2.75) is 82.7 Å². The normalized spacial score (nSPS) is 21.9. The van der Waals surface area contributed by atoms with Crippen molar-refractivity contribution in [3.8, 4) is 17.0 Å². The Hall–Kier alpha value is -2.56. The minimum absolute atomic E-state index is 0.0632. The summed E-state index contributed by atoms with van der Waals surface area (Å²) in [7, 11) is -3.45. The molecule has 1 saturated carbocycles. The number of alkyl halides is 5. The number of amides is 1. The number of aliphatic hydroxyl groups excluding tert-OH is 1. The van der Waals surface area contributed by atoms with Gasteiger partial charge in [-0.3, -0.25) is 14.5 Å². The summed E-state index contributed by atoms with van der Waals surface area (Å²) in [5, 5.41) is 26.7. The van der Waals surface area contributed by atoms with E-state index < -0.39 is 69.6 Å². The summed E-state index contributed by atoms with van der Waals surface area (Å²) in [6, 6.07) is 0.946. The first-order valence-electron chi connectivity index (χ1n) is 12.8. The van der Waals surface area contributed by atoms with Crippen molar-refractivity contribution in [3.05, 3.63) is 28.7 Å². The molecule has 0 aliphatic heterocycles. The molecule has 0 spiro atoms. The van der Waals surface area contributed by atoms with E-state index in [1.165, 1.54) is 4.68 Å². The molecule has 1 aliphatic rings. The fourth-order valence-corrected chi connectivity index (χ4v) is 6.05. The molecule has 236 valence electrons. The average molecular weight is 647 g/mol. The molecule has 42 heavy (non-hydrogen) atoms. The molecule has 3 N–H and O–H groups in total. The van der Waals surface area contributed by atoms with E-state index in [2.05, 4.69) is 20.1 Å². The number of pyridine rings is 1. The Labute approximate surface area is 244 Å². The molecule has 0 saturated heterocycles. The molecule has 0 unspecified atom stereocenters. The first-order chi connectivity index (χ1) is 19.2. The van der Waals surface area contributed by atoms with Gasteiger partial charge in [0.2, 0.25) is 0 Å². The third-order valence-electron chi connectivity index (χ3n) is 7.36. The van der Waals surface area contributed by atoms with Crippen molar-refractivity contribution in [2.75, 3.05) is 12.8 Å². The fourth-order valence-electron chi connectivity index (χ4n) is 4.65. The number of nitrogens with zero attached hydrogens (tertiary/aromatic N) is 3. The molecule has 1 fully saturated rings. The van der Waals surface area contributed by atoms with Gasteiger partial charge in [-0.25, -0.2) is 8.42 Å². The number of sulfone groups is 1. The SMILES string of the molecule is CCn1nc(C(=O)NC[C@@]2(O)CC[C@H](S(C)(=O)=O)C[C@@H]2O)c(Cl)c1-c1cnc(CC(C)(C)C(F)(F)F)cc1OC(F)F. The second kappa shape index (κ2) is 12.2. The first-order valence-corrected chi connectivity index (χ1v) is 15.2. The zero-order valence-corrected chi connectivity index (χ0v) is 24.7. The molecule has 0 aromatic carbocycles. The van der Waals surface area contributed by atoms with E-state index in [0.29, 0.717) is 0 Å². The predicted molar refractivity (Wildman–Crippen MR) is 142 cm³/mol. The largest absolute Gasteiger partial charge is 0.434 e. The number of aromatic nitrogens is 3. The predicted octanol–water partition coefficient (Wildman–Crippen LogP) is 3.77. The van der Waals surface area contributed by atoms with Crippen LogP contribution < -0.4 is 10.1 Å². The Balaban J connectivity index is 1.91. The maximum atomic E-state index is 13.4. The van der Waals surface area contributed by atoms with E-state index in [0.717, 1.165) is 32.4 Å². The molecule has 2 aromatic rings. The Morgan fingerprint density at radius 1 is 1.33 bits per heavy atom. The zero-order valence-electron chi connectivity index (χ0n) is 23.2. The lowest BCUT2D eigenvalue weighted by Gasteiger charge is -2.39. The number of nitrogens with one attached hydrogen (secondary N) is 1. The van der Waals surface area contributed by atoms with Crippen molar-refractivity contribution < 1.29 is 50.1 Å². The van der Waals surface area contributed by atoms with Gasteiger partial charge in [0.05, 0.1) is 33.0 Å². The van der Waals surface area contributed by atoms with E-state index in [9.17, 15) is 45.4 Å². The molecule has 2 heterocycles. The lowest BCUT2D eigenvalue weighted by Crippen LogP contribution is -2.56. The number of hydrogen-bond donors (Lipinski definition) is 3. The highest BCUT2D eigenvalue weighted by Crippen LogP contribution is 2.42. The van der Waals surface area contributed by atoms with Crippen molar-refractivity contribution in [1.29, 1.82) is 0 Å². The van der Waals surface area contributed by atoms with Crippen molar-refractivity contribution in [2.24, 2.45) is 5.41 Å². The monoisotopic (exact) mass is 646 g/mol. The second-order valence-electron chi connectivity index (χ2n) is 11.0. The van der Waals surface area contributed by atoms with Gasteiger partial charge in [-0.05, 0) is 26.2 Å². The van der Waals surface area contributed by atoms with Crippen LogP contribution >= 0.6 is 11.6 Å². The van der Waals surface area contributed by atoms with Gasteiger partial charge in [0, 0.05) is 43.7 Å². The molecular formula is C25H32ClF5N4O6S. The highest BCUT2D eigenvalue weighted by atomic mass is 35.5. The van der Waals surface area contributed by atoms with Gasteiger partial charge in [-0.2, -0.15) is 27.1 Å². The number of rotatable bonds is 10. The van der Waals surface area contributed by atoms with Crippen LogP contribution in [0.3, 0.4) is 0 Å². The zero-order chi connectivity index (χ0) is 31.8. The molecule has 1 aliphatic carbocycles. The summed E-state index contributed by atoms with van der Waals surface area (Å²) in [5.74, 6) is -1.43. The van der Waals surface area contributed by atoms with Crippen LogP contribution in [-0.4, -0.2) is 81.8 Å². The second-order valence-corrected chi connectivity index (χ2v) is 13.7. The average Bonchev–Trinajstić information content (AvgIpc) is 3.18. The molecule has 3 rings (SSSR count).